The van der Waals surface area contributed by atoms with Crippen LogP contribution in [0.3, 0.4) is 0 Å². The van der Waals surface area contributed by atoms with Crippen LogP contribution in [-0.4, -0.2) is 41.8 Å². The highest BCUT2D eigenvalue weighted by molar-refractivity contribution is 8.23. The highest BCUT2D eigenvalue weighted by atomic mass is 32.3. The van der Waals surface area contributed by atoms with Gasteiger partial charge < -0.3 is 14.3 Å². The van der Waals surface area contributed by atoms with Crippen molar-refractivity contribution in [2.45, 2.75) is 30.4 Å². The van der Waals surface area contributed by atoms with Crippen LogP contribution in [0.25, 0.3) is 11.4 Å². The number of aryl methyl sites for hydroxylation is 1. The zero-order valence-corrected chi connectivity index (χ0v) is 17.4. The first-order valence-electron chi connectivity index (χ1n) is 8.52. The fourth-order valence-corrected chi connectivity index (χ4v) is 4.15. The maximum absolute atomic E-state index is 12.4. The van der Waals surface area contributed by atoms with Gasteiger partial charge in [0.1, 0.15) is 6.26 Å². The van der Waals surface area contributed by atoms with Crippen molar-refractivity contribution in [1.29, 1.82) is 0 Å². The number of aromatic nitrogens is 3. The Labute approximate surface area is 168 Å². The van der Waals surface area contributed by atoms with Crippen molar-refractivity contribution in [2.24, 2.45) is 0 Å². The quantitative estimate of drug-likeness (QED) is 0.485. The molecule has 0 aliphatic carbocycles. The molecular formula is C18H22N4O4S2. The van der Waals surface area contributed by atoms with Crippen LogP contribution in [0.15, 0.2) is 51.3 Å². The van der Waals surface area contributed by atoms with Gasteiger partial charge in [-0.25, -0.2) is 0 Å². The zero-order chi connectivity index (χ0) is 20.3. The van der Waals surface area contributed by atoms with Crippen LogP contribution in [-0.2, 0) is 11.3 Å². The fraction of sp³-hybridized carbons (Fsp3) is 0.278. The summed E-state index contributed by atoms with van der Waals surface area (Å²) in [6, 6.07) is 6.77. The molecule has 3 aromatic rings. The molecule has 8 nitrogen and oxygen atoms in total. The third-order valence-electron chi connectivity index (χ3n) is 4.06. The number of nitrogens with one attached hydrogen (secondary N) is 1. The van der Waals surface area contributed by atoms with Gasteiger partial charge >= 0.3 is 0 Å². The van der Waals surface area contributed by atoms with Crippen molar-refractivity contribution in [1.82, 2.24) is 14.8 Å². The lowest BCUT2D eigenvalue weighted by Gasteiger charge is -2.27. The molecule has 2 heterocycles. The van der Waals surface area contributed by atoms with Crippen molar-refractivity contribution in [3.8, 4) is 11.4 Å². The molecule has 0 unspecified atom stereocenters. The van der Waals surface area contributed by atoms with Gasteiger partial charge in [0.05, 0.1) is 22.5 Å². The Morgan fingerprint density at radius 3 is 2.71 bits per heavy atom. The average molecular weight is 423 g/mol. The van der Waals surface area contributed by atoms with Crippen molar-refractivity contribution < 1.29 is 18.3 Å². The number of thioether (sulfide) groups is 1. The second kappa shape index (κ2) is 8.39. The van der Waals surface area contributed by atoms with E-state index in [1.54, 1.807) is 30.7 Å². The highest BCUT2D eigenvalue weighted by Crippen LogP contribution is 2.44. The van der Waals surface area contributed by atoms with E-state index >= 15 is 0 Å². The molecule has 150 valence electrons. The van der Waals surface area contributed by atoms with Crippen molar-refractivity contribution in [2.75, 3.05) is 17.3 Å². The van der Waals surface area contributed by atoms with E-state index in [0.29, 0.717) is 28.1 Å². The third kappa shape index (κ3) is 4.58. The molecule has 0 aliphatic heterocycles. The van der Waals surface area contributed by atoms with Gasteiger partial charge in [-0.1, -0.05) is 11.8 Å². The Balaban J connectivity index is 1.65. The number of hydrogen-bond acceptors (Lipinski definition) is 7. The third-order valence-corrected chi connectivity index (χ3v) is 6.18. The molecule has 0 fully saturated rings. The molecule has 0 spiro atoms. The molecule has 1 aromatic carbocycles. The van der Waals surface area contributed by atoms with Gasteiger partial charge in [-0.15, -0.1) is 10.2 Å². The van der Waals surface area contributed by atoms with Crippen molar-refractivity contribution >= 4 is 33.9 Å². The smallest absolute Gasteiger partial charge is 0.234 e. The first-order chi connectivity index (χ1) is 13.3. The van der Waals surface area contributed by atoms with E-state index in [9.17, 15) is 13.9 Å². The Morgan fingerprint density at radius 1 is 1.32 bits per heavy atom. The van der Waals surface area contributed by atoms with Crippen LogP contribution in [0.4, 0.5) is 5.69 Å². The molecule has 3 N–H and O–H groups in total. The number of anilines is 1. The van der Waals surface area contributed by atoms with Crippen LogP contribution >= 0.6 is 22.4 Å². The second-order valence-electron chi connectivity index (χ2n) is 6.21. The first-order valence-corrected chi connectivity index (χ1v) is 11.5. The van der Waals surface area contributed by atoms with Gasteiger partial charge in [0.15, 0.2) is 11.0 Å². The fourth-order valence-electron chi connectivity index (χ4n) is 2.62. The van der Waals surface area contributed by atoms with E-state index in [4.69, 9.17) is 4.42 Å². The van der Waals surface area contributed by atoms with E-state index in [-0.39, 0.29) is 11.7 Å². The minimum atomic E-state index is -2.78. The summed E-state index contributed by atoms with van der Waals surface area (Å²) in [5, 5.41) is 11.9. The largest absolute Gasteiger partial charge is 0.472 e. The van der Waals surface area contributed by atoms with E-state index in [1.807, 2.05) is 24.5 Å². The lowest BCUT2D eigenvalue weighted by atomic mass is 10.2. The number of nitrogens with zero attached hydrogens (tertiary/aromatic N) is 3. The Bertz CT molecular complexity index is 965. The van der Waals surface area contributed by atoms with Crippen LogP contribution in [0.1, 0.15) is 12.5 Å². The Kier molecular flexibility index (Phi) is 6.14. The topological polar surface area (TPSA) is 113 Å². The van der Waals surface area contributed by atoms with Gasteiger partial charge in [0, 0.05) is 18.5 Å². The Hall–Kier alpha value is -2.27. The lowest BCUT2D eigenvalue weighted by molar-refractivity contribution is -0.113. The minimum absolute atomic E-state index is 0.174. The van der Waals surface area contributed by atoms with Crippen LogP contribution in [0, 0.1) is 6.92 Å². The number of furan rings is 1. The van der Waals surface area contributed by atoms with Crippen molar-refractivity contribution in [3.63, 3.8) is 0 Å². The zero-order valence-electron chi connectivity index (χ0n) is 15.7. The van der Waals surface area contributed by atoms with Gasteiger partial charge in [0.2, 0.25) is 5.91 Å². The minimum Gasteiger partial charge on any atom is -0.472 e. The van der Waals surface area contributed by atoms with Gasteiger partial charge in [0.25, 0.3) is 0 Å². The summed E-state index contributed by atoms with van der Waals surface area (Å²) >= 11 is 1.30. The molecule has 0 radical (unpaired) electrons. The molecule has 0 aliphatic rings. The SMILES string of the molecule is CCn1c(SCC(=O)Nc2ccc(S(C)(O)O)cc2C)nnc1-c1ccoc1. The van der Waals surface area contributed by atoms with Crippen LogP contribution in [0.5, 0.6) is 0 Å². The monoisotopic (exact) mass is 422 g/mol. The molecule has 3 rings (SSSR count). The molecule has 1 amide bonds. The van der Waals surface area contributed by atoms with Crippen LogP contribution < -0.4 is 5.32 Å². The predicted octanol–water partition coefficient (Wildman–Crippen LogP) is 4.34. The number of carbonyl (C=O) groups excluding carboxylic acids is 1. The van der Waals surface area contributed by atoms with E-state index in [2.05, 4.69) is 15.5 Å². The summed E-state index contributed by atoms with van der Waals surface area (Å²) in [5.74, 6) is 0.692. The summed E-state index contributed by atoms with van der Waals surface area (Å²) in [4.78, 5) is 12.8. The number of hydrogen-bond donors (Lipinski definition) is 3. The number of carbonyl (C=O) groups is 1. The Morgan fingerprint density at radius 2 is 2.11 bits per heavy atom. The van der Waals surface area contributed by atoms with E-state index in [1.165, 1.54) is 18.0 Å². The lowest BCUT2D eigenvalue weighted by Crippen LogP contribution is -2.15. The maximum atomic E-state index is 12.4. The van der Waals surface area contributed by atoms with E-state index in [0.717, 1.165) is 11.1 Å². The van der Waals surface area contributed by atoms with E-state index < -0.39 is 10.6 Å². The summed E-state index contributed by atoms with van der Waals surface area (Å²) in [5.41, 5.74) is 2.23. The molecule has 28 heavy (non-hydrogen) atoms. The highest BCUT2D eigenvalue weighted by Gasteiger charge is 2.16. The molecular weight excluding hydrogens is 400 g/mol. The normalized spacial score (nSPS) is 12.2. The number of amides is 1. The predicted molar refractivity (Wildman–Crippen MR) is 111 cm³/mol. The molecule has 0 saturated heterocycles. The molecule has 2 aromatic heterocycles. The standard InChI is InChI=1S/C18H22N4O4S2/c1-4-22-17(13-7-8-26-10-13)20-21-18(22)27-11-16(23)19-15-6-5-14(9-12(15)2)28(3,24)25/h5-10,24-25H,4,11H2,1-3H3,(H,19,23). The van der Waals surface area contributed by atoms with Crippen LogP contribution in [0.2, 0.25) is 0 Å². The molecule has 10 heteroatoms. The number of benzene rings is 1. The van der Waals surface area contributed by atoms with Gasteiger partial charge in [-0.2, -0.15) is 10.6 Å². The summed E-state index contributed by atoms with van der Waals surface area (Å²) < 4.78 is 26.5. The van der Waals surface area contributed by atoms with Gasteiger partial charge in [-0.3, -0.25) is 13.9 Å². The molecule has 0 saturated carbocycles. The van der Waals surface area contributed by atoms with Crippen molar-refractivity contribution in [3.05, 3.63) is 42.4 Å². The summed E-state index contributed by atoms with van der Waals surface area (Å²) in [6.45, 7) is 4.46. The second-order valence-corrected chi connectivity index (χ2v) is 9.29. The molecule has 0 bridgehead atoms. The van der Waals surface area contributed by atoms with Gasteiger partial charge in [-0.05, 0) is 43.7 Å². The summed E-state index contributed by atoms with van der Waals surface area (Å²) in [6.07, 6.45) is 4.56. The first kappa shape index (κ1) is 20.5. The average Bonchev–Trinajstić information content (AvgIpc) is 3.29. The summed E-state index contributed by atoms with van der Waals surface area (Å²) in [7, 11) is -2.78. The molecule has 0 atom stereocenters. The maximum Gasteiger partial charge on any atom is 0.234 e. The number of rotatable bonds is 7.